The van der Waals surface area contributed by atoms with Crippen LogP contribution in [-0.2, 0) is 4.79 Å². The summed E-state index contributed by atoms with van der Waals surface area (Å²) in [6.07, 6.45) is 4.67. The lowest BCUT2D eigenvalue weighted by molar-refractivity contribution is -0.127. The fourth-order valence-corrected chi connectivity index (χ4v) is 2.60. The summed E-state index contributed by atoms with van der Waals surface area (Å²) in [6.45, 7) is 6.97. The number of amides is 1. The van der Waals surface area contributed by atoms with Crippen LogP contribution in [0.4, 0.5) is 0 Å². The summed E-state index contributed by atoms with van der Waals surface area (Å²) in [6, 6.07) is 1.61. The van der Waals surface area contributed by atoms with E-state index in [1.165, 1.54) is 12.8 Å². The van der Waals surface area contributed by atoms with Crippen molar-refractivity contribution in [2.24, 2.45) is 4.99 Å². The van der Waals surface area contributed by atoms with E-state index in [1.54, 1.807) is 19.0 Å². The highest BCUT2D eigenvalue weighted by Crippen LogP contribution is 2.19. The van der Waals surface area contributed by atoms with Gasteiger partial charge in [-0.2, -0.15) is 0 Å². The number of guanidine groups is 1. The number of carbonyl (C=O) groups excluding carboxylic acids is 1. The maximum Gasteiger partial charge on any atom is 0.243 e. The topological polar surface area (TPSA) is 60.0 Å². The van der Waals surface area contributed by atoms with E-state index in [0.29, 0.717) is 18.1 Å². The van der Waals surface area contributed by atoms with Crippen LogP contribution in [0.3, 0.4) is 0 Å². The Hall–Kier alpha value is -0.570. The molecule has 23 heavy (non-hydrogen) atoms. The Balaban J connectivity index is 0.00000264. The van der Waals surface area contributed by atoms with Gasteiger partial charge in [-0.1, -0.05) is 0 Å². The second kappa shape index (κ2) is 9.66. The molecule has 0 aromatic rings. The molecule has 0 unspecified atom stereocenters. The summed E-state index contributed by atoms with van der Waals surface area (Å²) < 4.78 is 0. The molecule has 7 heteroatoms. The van der Waals surface area contributed by atoms with Crippen molar-refractivity contribution in [1.82, 2.24) is 20.4 Å². The van der Waals surface area contributed by atoms with Gasteiger partial charge in [0.25, 0.3) is 0 Å². The molecule has 1 heterocycles. The van der Waals surface area contributed by atoms with Gasteiger partial charge in [-0.25, -0.2) is 4.99 Å². The average Bonchev–Trinajstić information content (AvgIpc) is 3.28. The second-order valence-electron chi connectivity index (χ2n) is 6.92. The summed E-state index contributed by atoms with van der Waals surface area (Å²) in [5.74, 6) is 0.840. The standard InChI is InChI=1S/C16H31N5O.HI/c1-12(2)21-9-7-14(8-10-21)19-16(18-13-5-6-13)17-11-15(22)20(3)4;/h12-14H,5-11H2,1-4H3,(H2,17,18,19);1H. The fraction of sp³-hybridized carbons (Fsp3) is 0.875. The van der Waals surface area contributed by atoms with Crippen LogP contribution in [0.25, 0.3) is 0 Å². The van der Waals surface area contributed by atoms with Crippen molar-refractivity contribution in [2.75, 3.05) is 33.7 Å². The molecule has 0 spiro atoms. The number of nitrogens with one attached hydrogen (secondary N) is 2. The minimum absolute atomic E-state index is 0. The van der Waals surface area contributed by atoms with Crippen LogP contribution < -0.4 is 10.6 Å². The van der Waals surface area contributed by atoms with E-state index in [4.69, 9.17) is 0 Å². The number of halogens is 1. The van der Waals surface area contributed by atoms with Crippen LogP contribution in [0.5, 0.6) is 0 Å². The van der Waals surface area contributed by atoms with Crippen molar-refractivity contribution in [3.63, 3.8) is 0 Å². The molecule has 0 bridgehead atoms. The Labute approximate surface area is 157 Å². The Bertz CT molecular complexity index is 401. The highest BCUT2D eigenvalue weighted by Gasteiger charge is 2.25. The van der Waals surface area contributed by atoms with Gasteiger partial charge in [0.15, 0.2) is 5.96 Å². The quantitative estimate of drug-likeness (QED) is 0.387. The van der Waals surface area contributed by atoms with E-state index in [0.717, 1.165) is 31.9 Å². The first kappa shape index (κ1) is 20.5. The van der Waals surface area contributed by atoms with Crippen LogP contribution in [0.15, 0.2) is 4.99 Å². The number of piperidine rings is 1. The number of hydrogen-bond acceptors (Lipinski definition) is 3. The van der Waals surface area contributed by atoms with Crippen LogP contribution in [-0.4, -0.2) is 73.5 Å². The second-order valence-corrected chi connectivity index (χ2v) is 6.92. The van der Waals surface area contributed by atoms with Crippen molar-refractivity contribution < 1.29 is 4.79 Å². The number of aliphatic imine (C=N–C) groups is 1. The smallest absolute Gasteiger partial charge is 0.243 e. The number of hydrogen-bond donors (Lipinski definition) is 2. The van der Waals surface area contributed by atoms with Gasteiger partial charge in [-0.3, -0.25) is 4.79 Å². The van der Waals surface area contributed by atoms with Crippen molar-refractivity contribution in [3.05, 3.63) is 0 Å². The molecule has 1 saturated heterocycles. The maximum atomic E-state index is 11.7. The molecule has 0 aromatic heterocycles. The third-order valence-electron chi connectivity index (χ3n) is 4.39. The van der Waals surface area contributed by atoms with Crippen LogP contribution in [0, 0.1) is 0 Å². The number of rotatable bonds is 5. The molecular weight excluding hydrogens is 405 g/mol. The largest absolute Gasteiger partial charge is 0.354 e. The van der Waals surface area contributed by atoms with E-state index < -0.39 is 0 Å². The van der Waals surface area contributed by atoms with Gasteiger partial charge in [-0.15, -0.1) is 24.0 Å². The first-order valence-corrected chi connectivity index (χ1v) is 8.47. The Morgan fingerprint density at radius 1 is 1.13 bits per heavy atom. The van der Waals surface area contributed by atoms with E-state index in [9.17, 15) is 4.79 Å². The fourth-order valence-electron chi connectivity index (χ4n) is 2.60. The molecule has 0 aromatic carbocycles. The van der Waals surface area contributed by atoms with Gasteiger partial charge < -0.3 is 20.4 Å². The van der Waals surface area contributed by atoms with Gasteiger partial charge in [0.1, 0.15) is 6.54 Å². The van der Waals surface area contributed by atoms with Gasteiger partial charge >= 0.3 is 0 Å². The lowest BCUT2D eigenvalue weighted by Crippen LogP contribution is -2.50. The van der Waals surface area contributed by atoms with Crippen molar-refractivity contribution in [2.45, 2.75) is 57.7 Å². The zero-order valence-corrected chi connectivity index (χ0v) is 17.2. The summed E-state index contributed by atoms with van der Waals surface area (Å²) >= 11 is 0. The third kappa shape index (κ3) is 7.24. The Morgan fingerprint density at radius 2 is 1.65 bits per heavy atom. The molecule has 1 saturated carbocycles. The van der Waals surface area contributed by atoms with Crippen molar-refractivity contribution in [3.8, 4) is 0 Å². The molecule has 2 aliphatic rings. The summed E-state index contributed by atoms with van der Waals surface area (Å²) in [7, 11) is 3.53. The summed E-state index contributed by atoms with van der Waals surface area (Å²) in [5, 5.41) is 6.94. The molecule has 0 radical (unpaired) electrons. The normalized spacial score (nSPS) is 20.1. The maximum absolute atomic E-state index is 11.7. The monoisotopic (exact) mass is 437 g/mol. The van der Waals surface area contributed by atoms with E-state index in [1.807, 2.05) is 0 Å². The zero-order valence-electron chi connectivity index (χ0n) is 14.8. The first-order valence-electron chi connectivity index (χ1n) is 8.47. The molecule has 1 aliphatic carbocycles. The molecule has 1 amide bonds. The lowest BCUT2D eigenvalue weighted by Gasteiger charge is -2.35. The highest BCUT2D eigenvalue weighted by molar-refractivity contribution is 14.0. The first-order chi connectivity index (χ1) is 10.5. The lowest BCUT2D eigenvalue weighted by atomic mass is 10.0. The minimum atomic E-state index is 0. The molecule has 1 aliphatic heterocycles. The Kier molecular flexibility index (Phi) is 8.60. The van der Waals surface area contributed by atoms with Gasteiger partial charge in [0.2, 0.25) is 5.91 Å². The molecule has 2 N–H and O–H groups in total. The zero-order chi connectivity index (χ0) is 16.1. The third-order valence-corrected chi connectivity index (χ3v) is 4.39. The number of likely N-dealkylation sites (tertiary alicyclic amines) is 1. The minimum Gasteiger partial charge on any atom is -0.354 e. The predicted octanol–water partition coefficient (Wildman–Crippen LogP) is 1.26. The SMILES string of the molecule is CC(C)N1CCC(NC(=NCC(=O)N(C)C)NC2CC2)CC1.I. The molecule has 6 nitrogen and oxygen atoms in total. The van der Waals surface area contributed by atoms with Crippen LogP contribution >= 0.6 is 24.0 Å². The molecule has 2 rings (SSSR count). The van der Waals surface area contributed by atoms with E-state index >= 15 is 0 Å². The van der Waals surface area contributed by atoms with Crippen molar-refractivity contribution in [1.29, 1.82) is 0 Å². The van der Waals surface area contributed by atoms with E-state index in [-0.39, 0.29) is 36.4 Å². The summed E-state index contributed by atoms with van der Waals surface area (Å²) in [4.78, 5) is 20.3. The molecule has 2 fully saturated rings. The molecular formula is C16H32IN5O. The van der Waals surface area contributed by atoms with Gasteiger partial charge in [-0.05, 0) is 39.5 Å². The predicted molar refractivity (Wildman–Crippen MR) is 105 cm³/mol. The van der Waals surface area contributed by atoms with Crippen LogP contribution in [0.2, 0.25) is 0 Å². The molecule has 0 atom stereocenters. The summed E-state index contributed by atoms with van der Waals surface area (Å²) in [5.41, 5.74) is 0. The molecule has 134 valence electrons. The average molecular weight is 437 g/mol. The van der Waals surface area contributed by atoms with Gasteiger partial charge in [0.05, 0.1) is 0 Å². The van der Waals surface area contributed by atoms with Gasteiger partial charge in [0, 0.05) is 45.3 Å². The number of nitrogens with zero attached hydrogens (tertiary/aromatic N) is 3. The Morgan fingerprint density at radius 3 is 2.09 bits per heavy atom. The number of carbonyl (C=O) groups is 1. The number of likely N-dealkylation sites (N-methyl/N-ethyl adjacent to an activating group) is 1. The van der Waals surface area contributed by atoms with Crippen molar-refractivity contribution >= 4 is 35.8 Å². The van der Waals surface area contributed by atoms with Crippen LogP contribution in [0.1, 0.15) is 39.5 Å². The highest BCUT2D eigenvalue weighted by atomic mass is 127. The van der Waals surface area contributed by atoms with E-state index in [2.05, 4.69) is 34.4 Å².